The summed E-state index contributed by atoms with van der Waals surface area (Å²) < 4.78 is 5.56. The Morgan fingerprint density at radius 2 is 2.09 bits per heavy atom. The van der Waals surface area contributed by atoms with Gasteiger partial charge in [0.1, 0.15) is 0 Å². The van der Waals surface area contributed by atoms with Crippen molar-refractivity contribution in [3.05, 3.63) is 22.4 Å². The molecular weight excluding hydrogens is 308 g/mol. The second kappa shape index (κ2) is 8.27. The third-order valence-electron chi connectivity index (χ3n) is 5.15. The molecule has 1 amide bonds. The first-order chi connectivity index (χ1) is 11.3. The maximum absolute atomic E-state index is 12.2. The van der Waals surface area contributed by atoms with Gasteiger partial charge in [0, 0.05) is 43.0 Å². The molecular formula is C18H28N2O2S. The Morgan fingerprint density at radius 3 is 2.78 bits per heavy atom. The van der Waals surface area contributed by atoms with E-state index >= 15 is 0 Å². The van der Waals surface area contributed by atoms with Gasteiger partial charge in [-0.1, -0.05) is 6.07 Å². The summed E-state index contributed by atoms with van der Waals surface area (Å²) in [6, 6.07) is 4.15. The minimum absolute atomic E-state index is 0.186. The fourth-order valence-corrected chi connectivity index (χ4v) is 4.39. The molecule has 5 heteroatoms. The first kappa shape index (κ1) is 16.9. The van der Waals surface area contributed by atoms with Crippen molar-refractivity contribution in [2.24, 2.45) is 5.41 Å². The second-order valence-corrected chi connectivity index (χ2v) is 7.98. The monoisotopic (exact) mass is 336 g/mol. The normalized spacial score (nSPS) is 21.4. The van der Waals surface area contributed by atoms with Crippen molar-refractivity contribution in [1.29, 1.82) is 0 Å². The first-order valence-corrected chi connectivity index (χ1v) is 9.73. The molecule has 1 aromatic rings. The van der Waals surface area contributed by atoms with Crippen LogP contribution >= 0.6 is 11.3 Å². The van der Waals surface area contributed by atoms with Gasteiger partial charge in [0.2, 0.25) is 5.91 Å². The number of hydrogen-bond acceptors (Lipinski definition) is 4. The van der Waals surface area contributed by atoms with E-state index in [9.17, 15) is 4.79 Å². The fourth-order valence-electron chi connectivity index (χ4n) is 3.68. The second-order valence-electron chi connectivity index (χ2n) is 6.95. The van der Waals surface area contributed by atoms with Crippen LogP contribution in [0.5, 0.6) is 0 Å². The van der Waals surface area contributed by atoms with E-state index in [-0.39, 0.29) is 11.3 Å². The number of ether oxygens (including phenoxy) is 1. The molecule has 0 aliphatic carbocycles. The van der Waals surface area contributed by atoms with E-state index in [4.69, 9.17) is 4.74 Å². The van der Waals surface area contributed by atoms with Crippen molar-refractivity contribution in [3.8, 4) is 0 Å². The predicted octanol–water partition coefficient (Wildman–Crippen LogP) is 2.69. The molecule has 4 nitrogen and oxygen atoms in total. The molecule has 0 saturated carbocycles. The van der Waals surface area contributed by atoms with Crippen molar-refractivity contribution in [2.45, 2.75) is 38.5 Å². The number of carbonyl (C=O) groups is 1. The highest BCUT2D eigenvalue weighted by atomic mass is 32.1. The quantitative estimate of drug-likeness (QED) is 0.832. The minimum Gasteiger partial charge on any atom is -0.381 e. The highest BCUT2D eigenvalue weighted by Gasteiger charge is 2.35. The van der Waals surface area contributed by atoms with Gasteiger partial charge >= 0.3 is 0 Å². The summed E-state index contributed by atoms with van der Waals surface area (Å²) >= 11 is 1.73. The number of rotatable bonds is 7. The van der Waals surface area contributed by atoms with Gasteiger partial charge in [0.25, 0.3) is 0 Å². The van der Waals surface area contributed by atoms with Crippen LogP contribution in [0.4, 0.5) is 0 Å². The Kier molecular flexibility index (Phi) is 6.08. The van der Waals surface area contributed by atoms with Crippen LogP contribution in [0, 0.1) is 5.41 Å². The van der Waals surface area contributed by atoms with Crippen LogP contribution in [0.2, 0.25) is 0 Å². The van der Waals surface area contributed by atoms with Gasteiger partial charge in [-0.05, 0) is 56.6 Å². The van der Waals surface area contributed by atoms with Crippen molar-refractivity contribution >= 4 is 17.2 Å². The third kappa shape index (κ3) is 5.03. The molecule has 0 radical (unpaired) electrons. The number of carbonyl (C=O) groups excluding carboxylic acids is 1. The van der Waals surface area contributed by atoms with Gasteiger partial charge in [0.05, 0.1) is 0 Å². The van der Waals surface area contributed by atoms with Crippen molar-refractivity contribution in [2.75, 3.05) is 39.4 Å². The summed E-state index contributed by atoms with van der Waals surface area (Å²) in [5.74, 6) is 0.186. The van der Waals surface area contributed by atoms with E-state index in [2.05, 4.69) is 21.7 Å². The smallest absolute Gasteiger partial charge is 0.220 e. The van der Waals surface area contributed by atoms with Gasteiger partial charge in [-0.25, -0.2) is 0 Å². The summed E-state index contributed by atoms with van der Waals surface area (Å²) in [4.78, 5) is 16.1. The van der Waals surface area contributed by atoms with E-state index in [0.717, 1.165) is 45.6 Å². The number of thiophene rings is 1. The number of nitrogens with zero attached hydrogens (tertiary/aromatic N) is 1. The molecule has 3 heterocycles. The molecule has 1 N–H and O–H groups in total. The van der Waals surface area contributed by atoms with Crippen molar-refractivity contribution < 1.29 is 9.53 Å². The highest BCUT2D eigenvalue weighted by Crippen LogP contribution is 2.32. The Balaban J connectivity index is 1.48. The van der Waals surface area contributed by atoms with E-state index in [1.54, 1.807) is 11.3 Å². The Hall–Kier alpha value is -0.910. The van der Waals surface area contributed by atoms with Gasteiger partial charge in [-0.3, -0.25) is 4.79 Å². The largest absolute Gasteiger partial charge is 0.381 e. The summed E-state index contributed by atoms with van der Waals surface area (Å²) in [7, 11) is 0. The van der Waals surface area contributed by atoms with Crippen LogP contribution < -0.4 is 5.32 Å². The number of hydrogen-bond donors (Lipinski definition) is 1. The third-order valence-corrected chi connectivity index (χ3v) is 6.09. The van der Waals surface area contributed by atoms with Gasteiger partial charge < -0.3 is 15.0 Å². The average Bonchev–Trinajstić information content (AvgIpc) is 3.25. The molecule has 0 bridgehead atoms. The lowest BCUT2D eigenvalue weighted by molar-refractivity contribution is -0.122. The summed E-state index contributed by atoms with van der Waals surface area (Å²) in [5, 5.41) is 5.28. The zero-order valence-electron chi connectivity index (χ0n) is 13.9. The molecule has 1 aromatic heterocycles. The Bertz CT molecular complexity index is 477. The van der Waals surface area contributed by atoms with Crippen molar-refractivity contribution in [3.63, 3.8) is 0 Å². The van der Waals surface area contributed by atoms with Gasteiger partial charge in [-0.15, -0.1) is 11.3 Å². The molecule has 3 rings (SSSR count). The van der Waals surface area contributed by atoms with Gasteiger partial charge in [0.15, 0.2) is 0 Å². The summed E-state index contributed by atoms with van der Waals surface area (Å²) in [6.45, 7) is 6.01. The van der Waals surface area contributed by atoms with E-state index in [1.807, 2.05) is 6.07 Å². The number of nitrogens with one attached hydrogen (secondary N) is 1. The Labute approximate surface area is 143 Å². The molecule has 0 aromatic carbocycles. The molecule has 0 spiro atoms. The van der Waals surface area contributed by atoms with Crippen LogP contribution in [0.1, 0.15) is 37.0 Å². The number of aryl methyl sites for hydroxylation is 1. The minimum atomic E-state index is 0.186. The number of amides is 1. The van der Waals surface area contributed by atoms with Crippen LogP contribution in [0.15, 0.2) is 17.5 Å². The molecule has 2 saturated heterocycles. The van der Waals surface area contributed by atoms with Crippen LogP contribution in [0.3, 0.4) is 0 Å². The Morgan fingerprint density at radius 1 is 1.30 bits per heavy atom. The standard InChI is InChI=1S/C18H28N2O2S/c21-17(6-5-16-4-3-13-23-16)19-14-18(7-11-22-12-8-18)15-20-9-1-2-10-20/h3-4,13H,1-2,5-12,14-15H2,(H,19,21). The van der Waals surface area contributed by atoms with Crippen LogP contribution in [0.25, 0.3) is 0 Å². The lowest BCUT2D eigenvalue weighted by Crippen LogP contribution is -2.48. The lowest BCUT2D eigenvalue weighted by Gasteiger charge is -2.40. The summed E-state index contributed by atoms with van der Waals surface area (Å²) in [6.07, 6.45) is 6.21. The van der Waals surface area contributed by atoms with E-state index < -0.39 is 0 Å². The molecule has 2 fully saturated rings. The zero-order chi connectivity index (χ0) is 16.0. The SMILES string of the molecule is O=C(CCc1cccs1)NCC1(CN2CCCC2)CCOCC1. The summed E-state index contributed by atoms with van der Waals surface area (Å²) in [5.41, 5.74) is 0.210. The van der Waals surface area contributed by atoms with E-state index in [0.29, 0.717) is 6.42 Å². The molecule has 128 valence electrons. The fraction of sp³-hybridized carbons (Fsp3) is 0.722. The van der Waals surface area contributed by atoms with Crippen molar-refractivity contribution in [1.82, 2.24) is 10.2 Å². The molecule has 0 atom stereocenters. The molecule has 2 aliphatic heterocycles. The zero-order valence-corrected chi connectivity index (χ0v) is 14.7. The topological polar surface area (TPSA) is 41.6 Å². The molecule has 23 heavy (non-hydrogen) atoms. The predicted molar refractivity (Wildman–Crippen MR) is 93.8 cm³/mol. The highest BCUT2D eigenvalue weighted by molar-refractivity contribution is 7.09. The van der Waals surface area contributed by atoms with Gasteiger partial charge in [-0.2, -0.15) is 0 Å². The molecule has 2 aliphatic rings. The number of likely N-dealkylation sites (tertiary alicyclic amines) is 1. The average molecular weight is 337 g/mol. The molecule has 0 unspecified atom stereocenters. The van der Waals surface area contributed by atoms with Crippen LogP contribution in [-0.2, 0) is 16.0 Å². The van der Waals surface area contributed by atoms with Crippen LogP contribution in [-0.4, -0.2) is 50.2 Å². The maximum Gasteiger partial charge on any atom is 0.220 e. The first-order valence-electron chi connectivity index (χ1n) is 8.85. The maximum atomic E-state index is 12.2. The lowest BCUT2D eigenvalue weighted by atomic mass is 9.79. The van der Waals surface area contributed by atoms with E-state index in [1.165, 1.54) is 30.8 Å².